The Hall–Kier alpha value is -4.15. The van der Waals surface area contributed by atoms with Crippen molar-refractivity contribution in [3.8, 4) is 0 Å². The van der Waals surface area contributed by atoms with E-state index in [1.54, 1.807) is 53.4 Å². The number of likely N-dealkylation sites (tertiary alicyclic amines) is 1. The van der Waals surface area contributed by atoms with Gasteiger partial charge in [0, 0.05) is 42.6 Å². The summed E-state index contributed by atoms with van der Waals surface area (Å²) in [5, 5.41) is 3.72. The molecule has 0 unspecified atom stereocenters. The number of halogens is 1. The fraction of sp³-hybridized carbons (Fsp3) is 0.281. The van der Waals surface area contributed by atoms with E-state index in [4.69, 9.17) is 16.0 Å². The summed E-state index contributed by atoms with van der Waals surface area (Å²) < 4.78 is 32.3. The first-order valence-corrected chi connectivity index (χ1v) is 16.2. The van der Waals surface area contributed by atoms with Crippen LogP contribution in [0.3, 0.4) is 0 Å². The van der Waals surface area contributed by atoms with Crippen LogP contribution in [-0.2, 0) is 26.7 Å². The summed E-state index contributed by atoms with van der Waals surface area (Å²) in [6, 6.07) is 21.4. The molecule has 1 N–H and O–H groups in total. The second-order valence-corrected chi connectivity index (χ2v) is 13.6. The highest BCUT2D eigenvalue weighted by Crippen LogP contribution is 2.47. The Kier molecular flexibility index (Phi) is 7.52. The molecule has 6 rings (SSSR count). The molecule has 11 heteroatoms. The normalized spacial score (nSPS) is 16.7. The molecular weight excluding hydrogens is 590 g/mol. The molecule has 0 bridgehead atoms. The van der Waals surface area contributed by atoms with Crippen molar-refractivity contribution in [1.29, 1.82) is 0 Å². The van der Waals surface area contributed by atoms with E-state index in [0.717, 1.165) is 17.2 Å². The van der Waals surface area contributed by atoms with E-state index in [-0.39, 0.29) is 29.1 Å². The maximum atomic E-state index is 14.0. The number of hydrogen-bond donors (Lipinski definition) is 1. The van der Waals surface area contributed by atoms with Crippen LogP contribution in [-0.4, -0.2) is 57.1 Å². The molecule has 4 aromatic rings. The molecule has 9 nitrogen and oxygen atoms in total. The third-order valence-electron chi connectivity index (χ3n) is 8.44. The van der Waals surface area contributed by atoms with Gasteiger partial charge in [0.05, 0.1) is 17.3 Å². The van der Waals surface area contributed by atoms with Gasteiger partial charge < -0.3 is 14.6 Å². The number of nitrogens with one attached hydrogen (secondary N) is 1. The van der Waals surface area contributed by atoms with Crippen molar-refractivity contribution in [2.75, 3.05) is 30.2 Å². The molecule has 1 spiro atoms. The second-order valence-electron chi connectivity index (χ2n) is 11.2. The maximum absolute atomic E-state index is 14.0. The van der Waals surface area contributed by atoms with Crippen molar-refractivity contribution in [2.45, 2.75) is 30.7 Å². The van der Waals surface area contributed by atoms with Crippen molar-refractivity contribution in [3.05, 3.63) is 111 Å². The minimum Gasteiger partial charge on any atom is -0.451 e. The Morgan fingerprint density at radius 1 is 1.00 bits per heavy atom. The molecule has 2 aliphatic rings. The Morgan fingerprint density at radius 2 is 1.67 bits per heavy atom. The molecule has 222 valence electrons. The van der Waals surface area contributed by atoms with Crippen LogP contribution >= 0.6 is 11.6 Å². The molecule has 3 aromatic carbocycles. The van der Waals surface area contributed by atoms with E-state index in [9.17, 15) is 22.8 Å². The summed E-state index contributed by atoms with van der Waals surface area (Å²) in [4.78, 5) is 41.7. The highest BCUT2D eigenvalue weighted by Gasteiger charge is 2.47. The Bertz CT molecular complexity index is 1880. The van der Waals surface area contributed by atoms with Gasteiger partial charge in [-0.1, -0.05) is 54.1 Å². The third-order valence-corrected chi connectivity index (χ3v) is 9.82. The average molecular weight is 620 g/mol. The van der Waals surface area contributed by atoms with Gasteiger partial charge in [0.2, 0.25) is 15.9 Å². The first-order valence-electron chi connectivity index (χ1n) is 14.0. The first-order chi connectivity index (χ1) is 20.5. The minimum atomic E-state index is -3.46. The monoisotopic (exact) mass is 619 g/mol. The lowest BCUT2D eigenvalue weighted by molar-refractivity contribution is -0.134. The number of carbonyl (C=O) groups is 2. The number of hydrogen-bond acceptors (Lipinski definition) is 6. The Labute approximate surface area is 254 Å². The van der Waals surface area contributed by atoms with Crippen LogP contribution in [0.2, 0.25) is 5.02 Å². The number of benzene rings is 3. The minimum absolute atomic E-state index is 0.182. The molecule has 2 aliphatic heterocycles. The molecule has 1 aromatic heterocycles. The smallest absolute Gasteiger partial charge is 0.287 e. The molecule has 3 heterocycles. The van der Waals surface area contributed by atoms with Gasteiger partial charge >= 0.3 is 0 Å². The lowest BCUT2D eigenvalue weighted by Crippen LogP contribution is -2.54. The molecule has 1 fully saturated rings. The predicted molar refractivity (Wildman–Crippen MR) is 165 cm³/mol. The lowest BCUT2D eigenvalue weighted by Gasteiger charge is -2.41. The standard InChI is InChI=1S/C32H30ClN3O6S/c1-43(40,41)36-20-32(24-7-3-4-8-26(24)36)14-16-35(17-15-32)31(39)25(18-21-10-12-22(33)13-11-21)34-30(38)29-19-27(37)23-6-2-5-9-28(23)42-29/h2-13,19,25H,14-18,20H2,1H3,(H,34,38)/t25-/m1/s1. The number of piperidine rings is 1. The van der Waals surface area contributed by atoms with Crippen LogP contribution in [0.4, 0.5) is 5.69 Å². The summed E-state index contributed by atoms with van der Waals surface area (Å²) in [5.74, 6) is -1.12. The Morgan fingerprint density at radius 3 is 2.40 bits per heavy atom. The van der Waals surface area contributed by atoms with E-state index < -0.39 is 27.4 Å². The van der Waals surface area contributed by atoms with Crippen molar-refractivity contribution >= 4 is 50.1 Å². The van der Waals surface area contributed by atoms with Crippen molar-refractivity contribution < 1.29 is 22.4 Å². The summed E-state index contributed by atoms with van der Waals surface area (Å²) in [6.45, 7) is 1.12. The van der Waals surface area contributed by atoms with E-state index in [1.807, 2.05) is 24.3 Å². The number of nitrogens with zero attached hydrogens (tertiary/aromatic N) is 2. The fourth-order valence-corrected chi connectivity index (χ4v) is 7.31. The van der Waals surface area contributed by atoms with Gasteiger partial charge in [-0.15, -0.1) is 0 Å². The predicted octanol–water partition coefficient (Wildman–Crippen LogP) is 4.13. The lowest BCUT2D eigenvalue weighted by atomic mass is 9.74. The zero-order valence-electron chi connectivity index (χ0n) is 23.5. The zero-order valence-corrected chi connectivity index (χ0v) is 25.0. The number of amides is 2. The number of sulfonamides is 1. The van der Waals surface area contributed by atoms with Gasteiger partial charge in [-0.25, -0.2) is 8.42 Å². The highest BCUT2D eigenvalue weighted by atomic mass is 35.5. The van der Waals surface area contributed by atoms with Gasteiger partial charge in [-0.05, 0) is 54.3 Å². The topological polar surface area (TPSA) is 117 Å². The van der Waals surface area contributed by atoms with Crippen LogP contribution in [0.25, 0.3) is 11.0 Å². The quantitative estimate of drug-likeness (QED) is 0.347. The molecular formula is C32H30ClN3O6S. The average Bonchev–Trinajstić information content (AvgIpc) is 3.32. The number of anilines is 1. The maximum Gasteiger partial charge on any atom is 0.287 e. The molecule has 1 atom stereocenters. The van der Waals surface area contributed by atoms with Gasteiger partial charge in [0.25, 0.3) is 5.91 Å². The summed E-state index contributed by atoms with van der Waals surface area (Å²) >= 11 is 6.07. The summed E-state index contributed by atoms with van der Waals surface area (Å²) in [7, 11) is -3.46. The van der Waals surface area contributed by atoms with E-state index in [2.05, 4.69) is 5.32 Å². The van der Waals surface area contributed by atoms with Crippen molar-refractivity contribution in [1.82, 2.24) is 10.2 Å². The van der Waals surface area contributed by atoms with Crippen LogP contribution in [0.5, 0.6) is 0 Å². The van der Waals surface area contributed by atoms with Gasteiger partial charge in [0.1, 0.15) is 11.6 Å². The first kappa shape index (κ1) is 28.9. The number of carbonyl (C=O) groups excluding carboxylic acids is 2. The number of fused-ring (bicyclic) bond motifs is 3. The molecule has 0 radical (unpaired) electrons. The van der Waals surface area contributed by atoms with Crippen molar-refractivity contribution in [2.24, 2.45) is 0 Å². The van der Waals surface area contributed by atoms with Gasteiger partial charge in [0.15, 0.2) is 11.2 Å². The summed E-state index contributed by atoms with van der Waals surface area (Å²) in [5.41, 5.74) is 1.99. The number of rotatable bonds is 6. The van der Waals surface area contributed by atoms with Crippen LogP contribution in [0.15, 0.2) is 88.1 Å². The fourth-order valence-electron chi connectivity index (χ4n) is 6.19. The van der Waals surface area contributed by atoms with E-state index in [1.165, 1.54) is 10.6 Å². The SMILES string of the molecule is CS(=O)(=O)N1CC2(CCN(C(=O)[C@@H](Cc3ccc(Cl)cc3)NC(=O)c3cc(=O)c4ccccc4o3)CC2)c2ccccc21. The van der Waals surface area contributed by atoms with Gasteiger partial charge in [-0.3, -0.25) is 18.7 Å². The van der Waals surface area contributed by atoms with E-state index >= 15 is 0 Å². The molecule has 0 saturated carbocycles. The largest absolute Gasteiger partial charge is 0.451 e. The highest BCUT2D eigenvalue weighted by molar-refractivity contribution is 7.92. The molecule has 1 saturated heterocycles. The Balaban J connectivity index is 1.24. The van der Waals surface area contributed by atoms with Crippen LogP contribution < -0.4 is 15.1 Å². The zero-order chi connectivity index (χ0) is 30.4. The molecule has 2 amide bonds. The third kappa shape index (κ3) is 5.64. The van der Waals surface area contributed by atoms with Crippen molar-refractivity contribution in [3.63, 3.8) is 0 Å². The van der Waals surface area contributed by atoms with Crippen LogP contribution in [0.1, 0.15) is 34.5 Å². The molecule has 43 heavy (non-hydrogen) atoms. The number of para-hydroxylation sites is 2. The van der Waals surface area contributed by atoms with Crippen LogP contribution in [0, 0.1) is 0 Å². The molecule has 0 aliphatic carbocycles. The summed E-state index contributed by atoms with van der Waals surface area (Å²) in [6.07, 6.45) is 2.56. The van der Waals surface area contributed by atoms with Gasteiger partial charge in [-0.2, -0.15) is 0 Å². The second kappa shape index (κ2) is 11.2. The van der Waals surface area contributed by atoms with E-state index in [0.29, 0.717) is 48.6 Å².